The maximum absolute atomic E-state index is 5.73. The van der Waals surface area contributed by atoms with E-state index in [1.807, 2.05) is 20.8 Å². The zero-order valence-corrected chi connectivity index (χ0v) is 5.94. The summed E-state index contributed by atoms with van der Waals surface area (Å²) in [5.74, 6) is 0.0903. The molecule has 0 amide bonds. The number of hydrogen-bond acceptors (Lipinski definition) is 0. The normalized spacial score (nSPS) is 21.9. The first-order chi connectivity index (χ1) is 3.50. The Hall–Kier alpha value is 0.130. The van der Waals surface area contributed by atoms with Crippen LogP contribution in [0.4, 0.5) is 0 Å². The van der Waals surface area contributed by atoms with E-state index in [-0.39, 0.29) is 11.1 Å². The fourth-order valence-electron chi connectivity index (χ4n) is 0.322. The SMILES string of the molecule is [B]C(C)C([B])(C)CC. The van der Waals surface area contributed by atoms with Crippen LogP contribution in [0.1, 0.15) is 27.2 Å². The minimum atomic E-state index is -0.181. The van der Waals surface area contributed by atoms with Gasteiger partial charge in [0.05, 0.1) is 15.7 Å². The van der Waals surface area contributed by atoms with Crippen molar-refractivity contribution < 1.29 is 0 Å². The van der Waals surface area contributed by atoms with Gasteiger partial charge in [-0.2, -0.15) is 0 Å². The monoisotopic (exact) mass is 106 g/mol. The van der Waals surface area contributed by atoms with Crippen molar-refractivity contribution in [3.8, 4) is 0 Å². The van der Waals surface area contributed by atoms with Crippen LogP contribution in [0.2, 0.25) is 11.1 Å². The molecule has 0 aromatic carbocycles. The topological polar surface area (TPSA) is 0 Å². The van der Waals surface area contributed by atoms with Gasteiger partial charge < -0.3 is 0 Å². The molecule has 0 bridgehead atoms. The molecule has 0 aliphatic carbocycles. The zero-order valence-electron chi connectivity index (χ0n) is 5.94. The molecule has 42 valence electrons. The standard InChI is InChI=1S/C6H12B2/c1-4-6(3,8)5(2)7/h5H,4H2,1-3H3. The third kappa shape index (κ3) is 1.94. The summed E-state index contributed by atoms with van der Waals surface area (Å²) < 4.78 is 0. The van der Waals surface area contributed by atoms with Gasteiger partial charge >= 0.3 is 0 Å². The van der Waals surface area contributed by atoms with Crippen molar-refractivity contribution in [2.75, 3.05) is 0 Å². The van der Waals surface area contributed by atoms with E-state index >= 15 is 0 Å². The van der Waals surface area contributed by atoms with E-state index < -0.39 is 0 Å². The van der Waals surface area contributed by atoms with Crippen molar-refractivity contribution in [3.05, 3.63) is 0 Å². The van der Waals surface area contributed by atoms with E-state index in [1.165, 1.54) is 0 Å². The first-order valence-electron chi connectivity index (χ1n) is 3.05. The van der Waals surface area contributed by atoms with Crippen LogP contribution in [0.3, 0.4) is 0 Å². The molecule has 0 heterocycles. The lowest BCUT2D eigenvalue weighted by molar-refractivity contribution is 0.571. The Bertz CT molecular complexity index is 66.9. The first kappa shape index (κ1) is 8.13. The Kier molecular flexibility index (Phi) is 2.65. The second-order valence-electron chi connectivity index (χ2n) is 2.65. The van der Waals surface area contributed by atoms with Crippen LogP contribution in [0.5, 0.6) is 0 Å². The minimum Gasteiger partial charge on any atom is -0.0826 e. The van der Waals surface area contributed by atoms with E-state index in [2.05, 4.69) is 0 Å². The highest BCUT2D eigenvalue weighted by Gasteiger charge is 2.17. The fourth-order valence-corrected chi connectivity index (χ4v) is 0.322. The van der Waals surface area contributed by atoms with Gasteiger partial charge in [-0.15, -0.1) is 0 Å². The highest BCUT2D eigenvalue weighted by atomic mass is 14.1. The Labute approximate surface area is 54.9 Å². The predicted molar refractivity (Wildman–Crippen MR) is 39.6 cm³/mol. The number of rotatable bonds is 2. The third-order valence-corrected chi connectivity index (χ3v) is 1.80. The summed E-state index contributed by atoms with van der Waals surface area (Å²) in [6, 6.07) is 0. The molecule has 0 aromatic heterocycles. The summed E-state index contributed by atoms with van der Waals surface area (Å²) in [6.07, 6.45) is 0.935. The van der Waals surface area contributed by atoms with Crippen LogP contribution in [-0.2, 0) is 0 Å². The van der Waals surface area contributed by atoms with Gasteiger partial charge in [0.15, 0.2) is 0 Å². The molecule has 0 nitrogen and oxygen atoms in total. The molecule has 0 spiro atoms. The molecule has 0 saturated heterocycles. The molecule has 0 N–H and O–H groups in total. The summed E-state index contributed by atoms with van der Waals surface area (Å²) in [6.45, 7) is 5.95. The summed E-state index contributed by atoms with van der Waals surface area (Å²) in [7, 11) is 11.3. The van der Waals surface area contributed by atoms with Gasteiger partial charge in [-0.05, 0) is 0 Å². The smallest absolute Gasteiger partial charge is 0.0735 e. The fraction of sp³-hybridized carbons (Fsp3) is 1.00. The highest BCUT2D eigenvalue weighted by molar-refractivity contribution is 6.23. The Balaban J connectivity index is 3.71. The number of hydrogen-bond donors (Lipinski definition) is 0. The van der Waals surface area contributed by atoms with E-state index in [0.29, 0.717) is 0 Å². The quantitative estimate of drug-likeness (QED) is 0.470. The van der Waals surface area contributed by atoms with E-state index in [4.69, 9.17) is 15.7 Å². The van der Waals surface area contributed by atoms with Crippen molar-refractivity contribution >= 4 is 15.7 Å². The maximum atomic E-state index is 5.73. The van der Waals surface area contributed by atoms with Crippen LogP contribution in [0.25, 0.3) is 0 Å². The predicted octanol–water partition coefficient (Wildman–Crippen LogP) is 1.72. The molecule has 0 fully saturated rings. The van der Waals surface area contributed by atoms with Gasteiger partial charge in [-0.3, -0.25) is 0 Å². The van der Waals surface area contributed by atoms with Crippen LogP contribution >= 0.6 is 0 Å². The molecule has 0 rings (SSSR count). The summed E-state index contributed by atoms with van der Waals surface area (Å²) >= 11 is 0. The average molecular weight is 106 g/mol. The molecule has 4 radical (unpaired) electrons. The Morgan fingerprint density at radius 2 is 2.00 bits per heavy atom. The van der Waals surface area contributed by atoms with Crippen molar-refractivity contribution in [1.82, 2.24) is 0 Å². The van der Waals surface area contributed by atoms with Crippen LogP contribution < -0.4 is 0 Å². The Morgan fingerprint density at radius 1 is 1.62 bits per heavy atom. The van der Waals surface area contributed by atoms with Crippen molar-refractivity contribution in [2.24, 2.45) is 0 Å². The molecule has 0 aromatic rings. The van der Waals surface area contributed by atoms with Gasteiger partial charge in [0, 0.05) is 0 Å². The Morgan fingerprint density at radius 3 is 2.00 bits per heavy atom. The van der Waals surface area contributed by atoms with Gasteiger partial charge in [-0.1, -0.05) is 38.3 Å². The molecule has 0 aliphatic rings. The molecule has 8 heavy (non-hydrogen) atoms. The molecule has 0 saturated carbocycles. The lowest BCUT2D eigenvalue weighted by atomic mass is 9.55. The second-order valence-corrected chi connectivity index (χ2v) is 2.65. The molecule has 2 atom stereocenters. The summed E-state index contributed by atoms with van der Waals surface area (Å²) in [5, 5.41) is -0.181. The first-order valence-corrected chi connectivity index (χ1v) is 3.05. The van der Waals surface area contributed by atoms with Gasteiger partial charge in [-0.25, -0.2) is 0 Å². The van der Waals surface area contributed by atoms with Gasteiger partial charge in [0.1, 0.15) is 0 Å². The van der Waals surface area contributed by atoms with Crippen molar-refractivity contribution in [1.29, 1.82) is 0 Å². The molecule has 0 aliphatic heterocycles. The van der Waals surface area contributed by atoms with E-state index in [9.17, 15) is 0 Å². The average Bonchev–Trinajstić information content (AvgIpc) is 1.67. The van der Waals surface area contributed by atoms with Crippen molar-refractivity contribution in [3.63, 3.8) is 0 Å². The maximum Gasteiger partial charge on any atom is 0.0735 e. The van der Waals surface area contributed by atoms with Gasteiger partial charge in [0.25, 0.3) is 0 Å². The molecule has 2 unspecified atom stereocenters. The van der Waals surface area contributed by atoms with Crippen LogP contribution in [0, 0.1) is 0 Å². The largest absolute Gasteiger partial charge is 0.0826 e. The summed E-state index contributed by atoms with van der Waals surface area (Å²) in [5.41, 5.74) is 0. The molecular formula is C6H12B2. The molecular weight excluding hydrogens is 93.7 g/mol. The summed E-state index contributed by atoms with van der Waals surface area (Å²) in [4.78, 5) is 0. The van der Waals surface area contributed by atoms with Crippen molar-refractivity contribution in [2.45, 2.75) is 38.3 Å². The van der Waals surface area contributed by atoms with E-state index in [1.54, 1.807) is 0 Å². The van der Waals surface area contributed by atoms with E-state index in [0.717, 1.165) is 6.42 Å². The lowest BCUT2D eigenvalue weighted by Gasteiger charge is -2.28. The highest BCUT2D eigenvalue weighted by Crippen LogP contribution is 2.36. The lowest BCUT2D eigenvalue weighted by Crippen LogP contribution is -2.11. The second kappa shape index (κ2) is 2.61. The van der Waals surface area contributed by atoms with Crippen LogP contribution in [-0.4, -0.2) is 15.7 Å². The minimum absolute atomic E-state index is 0.0903. The zero-order chi connectivity index (χ0) is 6.78. The molecule has 2 heteroatoms. The van der Waals surface area contributed by atoms with Crippen LogP contribution in [0.15, 0.2) is 0 Å². The van der Waals surface area contributed by atoms with Gasteiger partial charge in [0.2, 0.25) is 0 Å². The third-order valence-electron chi connectivity index (χ3n) is 1.80.